The van der Waals surface area contributed by atoms with Gasteiger partial charge in [-0.1, -0.05) is 0 Å². The zero-order chi connectivity index (χ0) is 11.7. The molecule has 0 saturated carbocycles. The molecular weight excluding hydrogens is 208 g/mol. The van der Waals surface area contributed by atoms with Crippen LogP contribution in [-0.2, 0) is 17.8 Å². The molecule has 0 saturated heterocycles. The molecule has 0 fully saturated rings. The van der Waals surface area contributed by atoms with Crippen molar-refractivity contribution < 1.29 is 9.63 Å². The number of fused-ring (bicyclic) bond motifs is 1. The van der Waals surface area contributed by atoms with Gasteiger partial charge < -0.3 is 10.2 Å². The Kier molecular flexibility index (Phi) is 2.68. The van der Waals surface area contributed by atoms with E-state index in [-0.39, 0.29) is 18.0 Å². The molecule has 0 atom stereocenters. The van der Waals surface area contributed by atoms with Crippen molar-refractivity contribution in [1.29, 1.82) is 0 Å². The predicted octanol–water partition coefficient (Wildman–Crippen LogP) is -0.222. The highest BCUT2D eigenvalue weighted by Crippen LogP contribution is 2.10. The van der Waals surface area contributed by atoms with Crippen molar-refractivity contribution in [2.75, 3.05) is 6.61 Å². The summed E-state index contributed by atoms with van der Waals surface area (Å²) < 4.78 is 1.32. The molecule has 5 nitrogen and oxygen atoms in total. The van der Waals surface area contributed by atoms with E-state index in [4.69, 9.17) is 4.84 Å². The molecule has 86 valence electrons. The summed E-state index contributed by atoms with van der Waals surface area (Å²) in [7, 11) is 0. The SMILES string of the molecule is CC(=O)NCc1c(C)cc2n(c1=O)OCC2. The minimum Gasteiger partial charge on any atom is -0.410 e. The molecule has 0 radical (unpaired) electrons. The molecule has 5 heteroatoms. The molecule has 0 aromatic carbocycles. The molecule has 16 heavy (non-hydrogen) atoms. The van der Waals surface area contributed by atoms with Crippen LogP contribution in [0.25, 0.3) is 0 Å². The van der Waals surface area contributed by atoms with Gasteiger partial charge in [0.2, 0.25) is 5.91 Å². The summed E-state index contributed by atoms with van der Waals surface area (Å²) in [5.74, 6) is -0.148. The quantitative estimate of drug-likeness (QED) is 0.752. The Morgan fingerprint density at radius 3 is 3.06 bits per heavy atom. The molecule has 0 aliphatic carbocycles. The zero-order valence-electron chi connectivity index (χ0n) is 9.37. The van der Waals surface area contributed by atoms with Gasteiger partial charge in [-0.25, -0.2) is 0 Å². The van der Waals surface area contributed by atoms with Gasteiger partial charge >= 0.3 is 0 Å². The van der Waals surface area contributed by atoms with Crippen molar-refractivity contribution in [3.05, 3.63) is 33.2 Å². The molecule has 1 aliphatic rings. The Balaban J connectivity index is 2.38. The monoisotopic (exact) mass is 222 g/mol. The number of aryl methyl sites for hydroxylation is 1. The largest absolute Gasteiger partial charge is 0.410 e. The highest BCUT2D eigenvalue weighted by atomic mass is 16.7. The first-order valence-electron chi connectivity index (χ1n) is 5.21. The molecule has 1 aliphatic heterocycles. The summed E-state index contributed by atoms with van der Waals surface area (Å²) in [6, 6.07) is 1.94. The first-order valence-corrected chi connectivity index (χ1v) is 5.21. The highest BCUT2D eigenvalue weighted by molar-refractivity contribution is 5.72. The Morgan fingerprint density at radius 2 is 2.38 bits per heavy atom. The number of amides is 1. The number of pyridine rings is 1. The minimum absolute atomic E-state index is 0.148. The number of nitrogens with one attached hydrogen (secondary N) is 1. The Bertz CT molecular complexity index is 491. The van der Waals surface area contributed by atoms with Gasteiger partial charge in [-0.15, -0.1) is 4.73 Å². The normalized spacial score (nSPS) is 13.1. The number of nitrogens with zero attached hydrogens (tertiary/aromatic N) is 1. The summed E-state index contributed by atoms with van der Waals surface area (Å²) in [6.45, 7) is 4.09. The number of hydrogen-bond donors (Lipinski definition) is 1. The zero-order valence-corrected chi connectivity index (χ0v) is 9.37. The van der Waals surface area contributed by atoms with Gasteiger partial charge in [-0.3, -0.25) is 9.59 Å². The van der Waals surface area contributed by atoms with Crippen LogP contribution in [-0.4, -0.2) is 17.2 Å². The first-order chi connectivity index (χ1) is 7.59. The van der Waals surface area contributed by atoms with E-state index in [1.807, 2.05) is 13.0 Å². The Hall–Kier alpha value is -1.78. The van der Waals surface area contributed by atoms with Gasteiger partial charge in [0.25, 0.3) is 5.56 Å². The number of aromatic nitrogens is 1. The molecule has 0 spiro atoms. The van der Waals surface area contributed by atoms with E-state index in [1.165, 1.54) is 11.7 Å². The number of rotatable bonds is 2. The minimum atomic E-state index is -0.166. The molecular formula is C11H14N2O3. The fraction of sp³-hybridized carbons (Fsp3) is 0.455. The fourth-order valence-corrected chi connectivity index (χ4v) is 1.80. The van der Waals surface area contributed by atoms with Gasteiger partial charge in [0.1, 0.15) is 6.61 Å². The van der Waals surface area contributed by atoms with E-state index in [9.17, 15) is 9.59 Å². The third-order valence-corrected chi connectivity index (χ3v) is 2.66. The van der Waals surface area contributed by atoms with Crippen LogP contribution in [0.5, 0.6) is 0 Å². The summed E-state index contributed by atoms with van der Waals surface area (Å²) in [5, 5.41) is 2.63. The molecule has 2 heterocycles. The Morgan fingerprint density at radius 1 is 1.62 bits per heavy atom. The molecule has 0 unspecified atom stereocenters. The lowest BCUT2D eigenvalue weighted by Crippen LogP contribution is -2.32. The smallest absolute Gasteiger partial charge is 0.288 e. The standard InChI is InChI=1S/C11H14N2O3/c1-7-5-9-3-4-16-13(9)11(15)10(7)6-12-8(2)14/h5H,3-4,6H2,1-2H3,(H,12,14). The third-order valence-electron chi connectivity index (χ3n) is 2.66. The molecule has 1 N–H and O–H groups in total. The Labute approximate surface area is 93.0 Å². The average Bonchev–Trinajstić information content (AvgIpc) is 2.64. The van der Waals surface area contributed by atoms with E-state index in [0.717, 1.165) is 17.7 Å². The van der Waals surface area contributed by atoms with Gasteiger partial charge in [0, 0.05) is 25.5 Å². The van der Waals surface area contributed by atoms with Crippen LogP contribution in [0.2, 0.25) is 0 Å². The second-order valence-corrected chi connectivity index (χ2v) is 3.89. The van der Waals surface area contributed by atoms with E-state index >= 15 is 0 Å². The number of hydrogen-bond acceptors (Lipinski definition) is 3. The van der Waals surface area contributed by atoms with E-state index < -0.39 is 0 Å². The van der Waals surface area contributed by atoms with Crippen LogP contribution >= 0.6 is 0 Å². The lowest BCUT2D eigenvalue weighted by molar-refractivity contribution is -0.119. The van der Waals surface area contributed by atoms with Crippen LogP contribution in [0.1, 0.15) is 23.7 Å². The van der Waals surface area contributed by atoms with E-state index in [0.29, 0.717) is 12.2 Å². The number of carbonyl (C=O) groups excluding carboxylic acids is 1. The van der Waals surface area contributed by atoms with Crippen LogP contribution in [0.15, 0.2) is 10.9 Å². The van der Waals surface area contributed by atoms with E-state index in [1.54, 1.807) is 0 Å². The van der Waals surface area contributed by atoms with Crippen molar-refractivity contribution in [2.45, 2.75) is 26.8 Å². The van der Waals surface area contributed by atoms with Crippen molar-refractivity contribution in [2.24, 2.45) is 0 Å². The summed E-state index contributed by atoms with van der Waals surface area (Å²) in [4.78, 5) is 28.0. The second-order valence-electron chi connectivity index (χ2n) is 3.89. The maximum atomic E-state index is 12.0. The topological polar surface area (TPSA) is 60.3 Å². The maximum Gasteiger partial charge on any atom is 0.288 e. The molecule has 0 bridgehead atoms. The molecule has 1 aromatic heterocycles. The molecule has 2 rings (SSSR count). The van der Waals surface area contributed by atoms with Gasteiger partial charge in [0.05, 0.1) is 5.69 Å². The predicted molar refractivity (Wildman–Crippen MR) is 58.1 cm³/mol. The number of carbonyl (C=O) groups is 1. The van der Waals surface area contributed by atoms with Crippen LogP contribution < -0.4 is 15.7 Å². The van der Waals surface area contributed by atoms with Gasteiger partial charge in [-0.2, -0.15) is 0 Å². The second kappa shape index (κ2) is 4.00. The van der Waals surface area contributed by atoms with Crippen LogP contribution in [0.3, 0.4) is 0 Å². The molecule has 1 amide bonds. The molecule has 1 aromatic rings. The van der Waals surface area contributed by atoms with Gasteiger partial charge in [-0.05, 0) is 18.6 Å². The van der Waals surface area contributed by atoms with Crippen LogP contribution in [0, 0.1) is 6.92 Å². The summed E-state index contributed by atoms with van der Waals surface area (Å²) in [6.07, 6.45) is 0.760. The average molecular weight is 222 g/mol. The lowest BCUT2D eigenvalue weighted by atomic mass is 10.1. The van der Waals surface area contributed by atoms with E-state index in [2.05, 4.69) is 5.32 Å². The summed E-state index contributed by atoms with van der Waals surface area (Å²) in [5.41, 5.74) is 2.21. The fourth-order valence-electron chi connectivity index (χ4n) is 1.80. The summed E-state index contributed by atoms with van der Waals surface area (Å²) >= 11 is 0. The third kappa shape index (κ3) is 1.80. The van der Waals surface area contributed by atoms with Crippen molar-refractivity contribution in [3.8, 4) is 0 Å². The first kappa shape index (κ1) is 10.7. The highest BCUT2D eigenvalue weighted by Gasteiger charge is 2.17. The van der Waals surface area contributed by atoms with Crippen LogP contribution in [0.4, 0.5) is 0 Å². The maximum absolute atomic E-state index is 12.0. The van der Waals surface area contributed by atoms with Crippen molar-refractivity contribution in [3.63, 3.8) is 0 Å². The van der Waals surface area contributed by atoms with Crippen molar-refractivity contribution in [1.82, 2.24) is 10.0 Å². The van der Waals surface area contributed by atoms with Crippen molar-refractivity contribution >= 4 is 5.91 Å². The lowest BCUT2D eigenvalue weighted by Gasteiger charge is -2.09. The van der Waals surface area contributed by atoms with Gasteiger partial charge in [0.15, 0.2) is 0 Å².